The van der Waals surface area contributed by atoms with E-state index >= 15 is 0 Å². The molecule has 0 unspecified atom stereocenters. The summed E-state index contributed by atoms with van der Waals surface area (Å²) >= 11 is 0. The highest BCUT2D eigenvalue weighted by Gasteiger charge is 2.11. The van der Waals surface area contributed by atoms with E-state index in [1.165, 1.54) is 11.6 Å². The first-order chi connectivity index (χ1) is 9.22. The van der Waals surface area contributed by atoms with E-state index in [1.54, 1.807) is 19.1 Å². The summed E-state index contributed by atoms with van der Waals surface area (Å²) in [6.07, 6.45) is 1.03. The lowest BCUT2D eigenvalue weighted by atomic mass is 10.2. The van der Waals surface area contributed by atoms with E-state index in [2.05, 4.69) is 16.4 Å². The Morgan fingerprint density at radius 1 is 1.32 bits per heavy atom. The van der Waals surface area contributed by atoms with Crippen molar-refractivity contribution in [3.8, 4) is 5.75 Å². The lowest BCUT2D eigenvalue weighted by Crippen LogP contribution is -2.01. The molecule has 0 atom stereocenters. The van der Waals surface area contributed by atoms with Crippen molar-refractivity contribution in [2.24, 2.45) is 0 Å². The van der Waals surface area contributed by atoms with Gasteiger partial charge in [-0.05, 0) is 48.7 Å². The molecule has 0 fully saturated rings. The van der Waals surface area contributed by atoms with Crippen molar-refractivity contribution in [2.45, 2.75) is 20.0 Å². The number of halogens is 1. The zero-order valence-corrected chi connectivity index (χ0v) is 10.7. The van der Waals surface area contributed by atoms with Crippen molar-refractivity contribution < 1.29 is 9.13 Å². The molecule has 3 nitrogen and oxygen atoms in total. The first-order valence-corrected chi connectivity index (χ1v) is 6.34. The predicted molar refractivity (Wildman–Crippen MR) is 71.9 cm³/mol. The second-order valence-electron chi connectivity index (χ2n) is 4.69. The molecule has 1 N–H and O–H groups in total. The maximum absolute atomic E-state index is 13.1. The number of fused-ring (bicyclic) bond motifs is 1. The molecule has 1 aliphatic rings. The Morgan fingerprint density at radius 3 is 3.05 bits per heavy atom. The highest BCUT2D eigenvalue weighted by Crippen LogP contribution is 2.21. The monoisotopic (exact) mass is 258 g/mol. The van der Waals surface area contributed by atoms with Crippen molar-refractivity contribution in [1.82, 2.24) is 4.98 Å². The van der Waals surface area contributed by atoms with Gasteiger partial charge in [-0.1, -0.05) is 6.07 Å². The molecule has 2 aromatic rings. The minimum Gasteiger partial charge on any atom is -0.487 e. The Morgan fingerprint density at radius 2 is 2.21 bits per heavy atom. The molecular formula is C15H15FN2O. The third kappa shape index (κ3) is 2.52. The number of aromatic nitrogens is 1. The third-order valence-corrected chi connectivity index (χ3v) is 3.24. The number of nitrogens with zero attached hydrogens (tertiary/aromatic N) is 1. The molecule has 0 saturated carbocycles. The van der Waals surface area contributed by atoms with Gasteiger partial charge in [-0.25, -0.2) is 9.37 Å². The number of ether oxygens (including phenoxy) is 1. The van der Waals surface area contributed by atoms with Gasteiger partial charge in [0.05, 0.1) is 5.69 Å². The maximum Gasteiger partial charge on any atom is 0.130 e. The molecule has 4 heteroatoms. The molecular weight excluding hydrogens is 243 g/mol. The maximum atomic E-state index is 13.1. The van der Waals surface area contributed by atoms with E-state index in [9.17, 15) is 4.39 Å². The second kappa shape index (κ2) is 4.88. The van der Waals surface area contributed by atoms with Crippen molar-refractivity contribution in [3.63, 3.8) is 0 Å². The molecule has 98 valence electrons. The van der Waals surface area contributed by atoms with Gasteiger partial charge in [-0.3, -0.25) is 0 Å². The minimum absolute atomic E-state index is 0.216. The molecule has 1 aromatic carbocycles. The highest BCUT2D eigenvalue weighted by atomic mass is 19.1. The topological polar surface area (TPSA) is 34.1 Å². The van der Waals surface area contributed by atoms with Crippen LogP contribution in [0, 0.1) is 12.7 Å². The molecule has 3 rings (SSSR count). The standard InChI is InChI=1S/C15H15FN2O/c1-10-8-13(4-5-14(10)16)19-9-12-3-2-11-6-7-17-15(11)18-12/h2-5,8H,6-7,9H2,1H3,(H,17,18). The van der Waals surface area contributed by atoms with Crippen LogP contribution in [-0.2, 0) is 13.0 Å². The van der Waals surface area contributed by atoms with Gasteiger partial charge in [-0.2, -0.15) is 0 Å². The van der Waals surface area contributed by atoms with Crippen molar-refractivity contribution in [1.29, 1.82) is 0 Å². The number of aryl methyl sites for hydroxylation is 1. The second-order valence-corrected chi connectivity index (χ2v) is 4.69. The van der Waals surface area contributed by atoms with Crippen LogP contribution in [0.25, 0.3) is 0 Å². The van der Waals surface area contributed by atoms with Crippen LogP contribution >= 0.6 is 0 Å². The summed E-state index contributed by atoms with van der Waals surface area (Å²) in [7, 11) is 0. The van der Waals surface area contributed by atoms with Crippen molar-refractivity contribution in [2.75, 3.05) is 11.9 Å². The molecule has 2 heterocycles. The molecule has 1 aliphatic heterocycles. The first kappa shape index (κ1) is 12.0. The third-order valence-electron chi connectivity index (χ3n) is 3.24. The van der Waals surface area contributed by atoms with Gasteiger partial charge in [0.2, 0.25) is 0 Å². The number of hydrogen-bond donors (Lipinski definition) is 1. The Bertz CT molecular complexity index is 613. The SMILES string of the molecule is Cc1cc(OCc2ccc3c(n2)NCC3)ccc1F. The molecule has 19 heavy (non-hydrogen) atoms. The molecule has 0 radical (unpaired) electrons. The Hall–Kier alpha value is -2.10. The van der Waals surface area contributed by atoms with Crippen LogP contribution in [0.3, 0.4) is 0 Å². The van der Waals surface area contributed by atoms with E-state index in [4.69, 9.17) is 4.74 Å². The van der Waals surface area contributed by atoms with Gasteiger partial charge >= 0.3 is 0 Å². The first-order valence-electron chi connectivity index (χ1n) is 6.34. The fourth-order valence-corrected chi connectivity index (χ4v) is 2.14. The number of hydrogen-bond acceptors (Lipinski definition) is 3. The minimum atomic E-state index is -0.216. The van der Waals surface area contributed by atoms with Crippen LogP contribution < -0.4 is 10.1 Å². The zero-order chi connectivity index (χ0) is 13.2. The fraction of sp³-hybridized carbons (Fsp3) is 0.267. The van der Waals surface area contributed by atoms with E-state index in [0.717, 1.165) is 24.5 Å². The van der Waals surface area contributed by atoms with Gasteiger partial charge in [0, 0.05) is 6.54 Å². The number of anilines is 1. The van der Waals surface area contributed by atoms with Crippen LogP contribution in [0.15, 0.2) is 30.3 Å². The van der Waals surface area contributed by atoms with E-state index in [1.807, 2.05) is 6.07 Å². The quantitative estimate of drug-likeness (QED) is 0.918. The Kier molecular flexibility index (Phi) is 3.07. The molecule has 1 aromatic heterocycles. The normalized spacial score (nSPS) is 12.9. The summed E-state index contributed by atoms with van der Waals surface area (Å²) in [5.74, 6) is 1.40. The van der Waals surface area contributed by atoms with Crippen LogP contribution in [0.2, 0.25) is 0 Å². The van der Waals surface area contributed by atoms with Gasteiger partial charge < -0.3 is 10.1 Å². The number of benzene rings is 1. The lowest BCUT2D eigenvalue weighted by Gasteiger charge is -2.08. The smallest absolute Gasteiger partial charge is 0.130 e. The zero-order valence-electron chi connectivity index (χ0n) is 10.7. The summed E-state index contributed by atoms with van der Waals surface area (Å²) in [4.78, 5) is 4.50. The fourth-order valence-electron chi connectivity index (χ4n) is 2.14. The summed E-state index contributed by atoms with van der Waals surface area (Å²) in [6, 6.07) is 8.80. The predicted octanol–water partition coefficient (Wildman–Crippen LogP) is 3.08. The number of nitrogens with one attached hydrogen (secondary N) is 1. The highest BCUT2D eigenvalue weighted by molar-refractivity contribution is 5.49. The van der Waals surface area contributed by atoms with Crippen LogP contribution in [0.4, 0.5) is 10.2 Å². The molecule has 0 spiro atoms. The van der Waals surface area contributed by atoms with Crippen molar-refractivity contribution in [3.05, 3.63) is 53.0 Å². The summed E-state index contributed by atoms with van der Waals surface area (Å²) in [6.45, 7) is 3.06. The number of pyridine rings is 1. The van der Waals surface area contributed by atoms with E-state index in [0.29, 0.717) is 17.9 Å². The summed E-state index contributed by atoms with van der Waals surface area (Å²) < 4.78 is 18.8. The molecule has 0 saturated heterocycles. The summed E-state index contributed by atoms with van der Waals surface area (Å²) in [5, 5.41) is 3.24. The average molecular weight is 258 g/mol. The van der Waals surface area contributed by atoms with E-state index < -0.39 is 0 Å². The van der Waals surface area contributed by atoms with Crippen LogP contribution in [-0.4, -0.2) is 11.5 Å². The lowest BCUT2D eigenvalue weighted by molar-refractivity contribution is 0.301. The Balaban J connectivity index is 1.70. The van der Waals surface area contributed by atoms with Gasteiger partial charge in [0.15, 0.2) is 0 Å². The van der Waals surface area contributed by atoms with Gasteiger partial charge in [0.25, 0.3) is 0 Å². The van der Waals surface area contributed by atoms with Crippen LogP contribution in [0.1, 0.15) is 16.8 Å². The van der Waals surface area contributed by atoms with Crippen molar-refractivity contribution >= 4 is 5.82 Å². The van der Waals surface area contributed by atoms with Crippen LogP contribution in [0.5, 0.6) is 5.75 Å². The molecule has 0 aliphatic carbocycles. The van der Waals surface area contributed by atoms with Gasteiger partial charge in [0.1, 0.15) is 24.0 Å². The largest absolute Gasteiger partial charge is 0.487 e. The average Bonchev–Trinajstić information content (AvgIpc) is 2.87. The molecule has 0 amide bonds. The summed E-state index contributed by atoms with van der Waals surface area (Å²) in [5.41, 5.74) is 2.71. The number of rotatable bonds is 3. The van der Waals surface area contributed by atoms with Gasteiger partial charge in [-0.15, -0.1) is 0 Å². The van der Waals surface area contributed by atoms with E-state index in [-0.39, 0.29) is 5.82 Å². The molecule has 0 bridgehead atoms. The Labute approximate surface area is 111 Å².